The van der Waals surface area contributed by atoms with E-state index in [1.165, 1.54) is 13.0 Å². The lowest BCUT2D eigenvalue weighted by Gasteiger charge is -2.28. The van der Waals surface area contributed by atoms with Crippen LogP contribution in [-0.2, 0) is 21.4 Å². The van der Waals surface area contributed by atoms with Gasteiger partial charge in [-0.3, -0.25) is 9.10 Å². The summed E-state index contributed by atoms with van der Waals surface area (Å²) in [4.78, 5) is 12.6. The molecular weight excluding hydrogens is 376 g/mol. The molecule has 2 aromatic carbocycles. The van der Waals surface area contributed by atoms with Gasteiger partial charge in [-0.15, -0.1) is 0 Å². The van der Waals surface area contributed by atoms with Gasteiger partial charge in [0.2, 0.25) is 15.9 Å². The van der Waals surface area contributed by atoms with E-state index in [0.29, 0.717) is 16.5 Å². The first-order valence-corrected chi connectivity index (χ1v) is 10.1. The number of methoxy groups -OCH3 is 1. The lowest BCUT2D eigenvalue weighted by atomic mass is 10.2. The van der Waals surface area contributed by atoms with Gasteiger partial charge in [0.1, 0.15) is 11.8 Å². The minimum absolute atomic E-state index is 0.223. The molecule has 26 heavy (non-hydrogen) atoms. The average molecular weight is 397 g/mol. The Bertz CT molecular complexity index is 886. The third kappa shape index (κ3) is 4.89. The highest BCUT2D eigenvalue weighted by molar-refractivity contribution is 7.92. The first-order valence-electron chi connectivity index (χ1n) is 7.88. The summed E-state index contributed by atoms with van der Waals surface area (Å²) in [7, 11) is -2.14. The molecule has 0 aliphatic heterocycles. The van der Waals surface area contributed by atoms with Crippen LogP contribution in [0.25, 0.3) is 0 Å². The molecule has 0 saturated heterocycles. The fraction of sp³-hybridized carbons (Fsp3) is 0.278. The third-order valence-corrected chi connectivity index (χ3v) is 5.27. The molecular formula is C18H21ClN2O4S. The lowest BCUT2D eigenvalue weighted by molar-refractivity contribution is -0.122. The lowest BCUT2D eigenvalue weighted by Crippen LogP contribution is -2.47. The minimum atomic E-state index is -3.69. The van der Waals surface area contributed by atoms with Gasteiger partial charge in [0.15, 0.2) is 0 Å². The number of hydrogen-bond acceptors (Lipinski definition) is 4. The highest BCUT2D eigenvalue weighted by atomic mass is 35.5. The van der Waals surface area contributed by atoms with Crippen molar-refractivity contribution >= 4 is 33.2 Å². The standard InChI is InChI=1S/C18H21ClN2O4S/c1-13(18(22)20-12-14-7-4-5-10-17(14)25-2)21(26(3,23)24)16-9-6-8-15(19)11-16/h4-11,13H,12H2,1-3H3,(H,20,22). The normalized spacial score (nSPS) is 12.3. The molecule has 0 spiro atoms. The van der Waals surface area contributed by atoms with Crippen molar-refractivity contribution in [3.05, 3.63) is 59.1 Å². The molecule has 140 valence electrons. The van der Waals surface area contributed by atoms with Crippen LogP contribution in [0.3, 0.4) is 0 Å². The number of benzene rings is 2. The number of sulfonamides is 1. The summed E-state index contributed by atoms with van der Waals surface area (Å²) in [6.45, 7) is 1.75. The van der Waals surface area contributed by atoms with Crippen LogP contribution < -0.4 is 14.4 Å². The number of amides is 1. The molecule has 0 fully saturated rings. The molecule has 1 unspecified atom stereocenters. The molecule has 0 aromatic heterocycles. The summed E-state index contributed by atoms with van der Waals surface area (Å²) >= 11 is 5.96. The Morgan fingerprint density at radius 3 is 2.54 bits per heavy atom. The van der Waals surface area contributed by atoms with Gasteiger partial charge in [0.25, 0.3) is 0 Å². The van der Waals surface area contributed by atoms with Crippen molar-refractivity contribution in [2.75, 3.05) is 17.7 Å². The van der Waals surface area contributed by atoms with Gasteiger partial charge in [0, 0.05) is 17.1 Å². The van der Waals surface area contributed by atoms with Crippen LogP contribution in [0.2, 0.25) is 5.02 Å². The molecule has 0 aliphatic rings. The van der Waals surface area contributed by atoms with E-state index in [1.807, 2.05) is 18.2 Å². The van der Waals surface area contributed by atoms with E-state index >= 15 is 0 Å². The van der Waals surface area contributed by atoms with E-state index in [2.05, 4.69) is 5.32 Å². The van der Waals surface area contributed by atoms with E-state index in [4.69, 9.17) is 16.3 Å². The van der Waals surface area contributed by atoms with Crippen molar-refractivity contribution in [1.29, 1.82) is 0 Å². The Morgan fingerprint density at radius 1 is 1.23 bits per heavy atom. The fourth-order valence-corrected chi connectivity index (χ4v) is 3.95. The van der Waals surface area contributed by atoms with Gasteiger partial charge in [-0.25, -0.2) is 8.42 Å². The zero-order valence-electron chi connectivity index (χ0n) is 14.8. The maximum Gasteiger partial charge on any atom is 0.243 e. The Kier molecular flexibility index (Phi) is 6.50. The van der Waals surface area contributed by atoms with Crippen molar-refractivity contribution < 1.29 is 17.9 Å². The number of anilines is 1. The van der Waals surface area contributed by atoms with Crippen LogP contribution in [0.1, 0.15) is 12.5 Å². The van der Waals surface area contributed by atoms with Gasteiger partial charge in [-0.05, 0) is 31.2 Å². The Hall–Kier alpha value is -2.25. The van der Waals surface area contributed by atoms with Crippen LogP contribution in [0.4, 0.5) is 5.69 Å². The maximum atomic E-state index is 12.6. The zero-order chi connectivity index (χ0) is 19.3. The molecule has 2 aromatic rings. The molecule has 0 bridgehead atoms. The highest BCUT2D eigenvalue weighted by Crippen LogP contribution is 2.24. The summed E-state index contributed by atoms with van der Waals surface area (Å²) < 4.78 is 30.8. The van der Waals surface area contributed by atoms with Gasteiger partial charge in [-0.1, -0.05) is 35.9 Å². The van der Waals surface area contributed by atoms with Crippen LogP contribution in [0.15, 0.2) is 48.5 Å². The summed E-state index contributed by atoms with van der Waals surface area (Å²) in [5.74, 6) is 0.219. The van der Waals surface area contributed by atoms with E-state index in [1.54, 1.807) is 31.4 Å². The number of carbonyl (C=O) groups is 1. The minimum Gasteiger partial charge on any atom is -0.496 e. The number of nitrogens with zero attached hydrogens (tertiary/aromatic N) is 1. The number of hydrogen-bond donors (Lipinski definition) is 1. The van der Waals surface area contributed by atoms with Crippen molar-refractivity contribution in [2.45, 2.75) is 19.5 Å². The van der Waals surface area contributed by atoms with Crippen molar-refractivity contribution in [2.24, 2.45) is 0 Å². The first-order chi connectivity index (χ1) is 12.2. The van der Waals surface area contributed by atoms with Crippen LogP contribution in [-0.4, -0.2) is 33.7 Å². The molecule has 1 amide bonds. The third-order valence-electron chi connectivity index (χ3n) is 3.80. The number of nitrogens with one attached hydrogen (secondary N) is 1. The van der Waals surface area contributed by atoms with E-state index in [-0.39, 0.29) is 6.54 Å². The van der Waals surface area contributed by atoms with Gasteiger partial charge in [0.05, 0.1) is 19.1 Å². The largest absolute Gasteiger partial charge is 0.496 e. The summed E-state index contributed by atoms with van der Waals surface area (Å²) in [6.07, 6.45) is 1.05. The summed E-state index contributed by atoms with van der Waals surface area (Å²) in [5, 5.41) is 3.14. The number of halogens is 1. The molecule has 8 heteroatoms. The van der Waals surface area contributed by atoms with E-state index in [9.17, 15) is 13.2 Å². The van der Waals surface area contributed by atoms with Gasteiger partial charge >= 0.3 is 0 Å². The Morgan fingerprint density at radius 2 is 1.92 bits per heavy atom. The smallest absolute Gasteiger partial charge is 0.243 e. The number of ether oxygens (including phenoxy) is 1. The second-order valence-electron chi connectivity index (χ2n) is 5.74. The number of rotatable bonds is 7. The van der Waals surface area contributed by atoms with Crippen LogP contribution in [0, 0.1) is 0 Å². The highest BCUT2D eigenvalue weighted by Gasteiger charge is 2.29. The molecule has 0 radical (unpaired) electrons. The van der Waals surface area contributed by atoms with Crippen molar-refractivity contribution in [3.63, 3.8) is 0 Å². The molecule has 0 heterocycles. The summed E-state index contributed by atoms with van der Waals surface area (Å²) in [5.41, 5.74) is 1.13. The summed E-state index contributed by atoms with van der Waals surface area (Å²) in [6, 6.07) is 12.7. The Labute approximate surface area is 158 Å². The SMILES string of the molecule is COc1ccccc1CNC(=O)C(C)N(c1cccc(Cl)c1)S(C)(=O)=O. The van der Waals surface area contributed by atoms with Crippen LogP contribution >= 0.6 is 11.6 Å². The van der Waals surface area contributed by atoms with Crippen LogP contribution in [0.5, 0.6) is 5.75 Å². The van der Waals surface area contributed by atoms with E-state index < -0.39 is 22.0 Å². The Balaban J connectivity index is 2.20. The predicted molar refractivity (Wildman–Crippen MR) is 103 cm³/mol. The number of carbonyl (C=O) groups excluding carboxylic acids is 1. The van der Waals surface area contributed by atoms with E-state index in [0.717, 1.165) is 16.1 Å². The average Bonchev–Trinajstić information content (AvgIpc) is 2.58. The molecule has 0 aliphatic carbocycles. The number of para-hydroxylation sites is 1. The molecule has 6 nitrogen and oxygen atoms in total. The fourth-order valence-electron chi connectivity index (χ4n) is 2.60. The molecule has 1 atom stereocenters. The predicted octanol–water partition coefficient (Wildman–Crippen LogP) is 2.82. The quantitative estimate of drug-likeness (QED) is 0.780. The second kappa shape index (κ2) is 8.42. The molecule has 1 N–H and O–H groups in total. The second-order valence-corrected chi connectivity index (χ2v) is 8.04. The molecule has 0 saturated carbocycles. The van der Waals surface area contributed by atoms with Crippen molar-refractivity contribution in [1.82, 2.24) is 5.32 Å². The van der Waals surface area contributed by atoms with Crippen molar-refractivity contribution in [3.8, 4) is 5.75 Å². The monoisotopic (exact) mass is 396 g/mol. The zero-order valence-corrected chi connectivity index (χ0v) is 16.3. The molecule has 2 rings (SSSR count). The topological polar surface area (TPSA) is 75.7 Å². The van der Waals surface area contributed by atoms with Gasteiger partial charge in [-0.2, -0.15) is 0 Å². The maximum absolute atomic E-state index is 12.6. The first kappa shape index (κ1) is 20.1. The van der Waals surface area contributed by atoms with Gasteiger partial charge < -0.3 is 10.1 Å².